The molecule has 0 radical (unpaired) electrons. The van der Waals surface area contributed by atoms with Crippen molar-refractivity contribution in [2.45, 2.75) is 18.9 Å². The van der Waals surface area contributed by atoms with Crippen molar-refractivity contribution in [1.82, 2.24) is 20.9 Å². The van der Waals surface area contributed by atoms with Gasteiger partial charge in [0.05, 0.1) is 22.6 Å². The number of rotatable bonds is 8. The molecule has 0 fully saturated rings. The largest absolute Gasteiger partial charge is 0.548 e. The molecule has 1 atom stereocenters. The molecule has 2 aromatic rings. The number of carbonyl (C=O) groups is 1. The zero-order chi connectivity index (χ0) is 19.1. The van der Waals surface area contributed by atoms with Crippen molar-refractivity contribution in [3.63, 3.8) is 0 Å². The zero-order valence-corrected chi connectivity index (χ0v) is 14.2. The van der Waals surface area contributed by atoms with Crippen LogP contribution in [0, 0.1) is 10.1 Å². The molecule has 12 heteroatoms. The summed E-state index contributed by atoms with van der Waals surface area (Å²) in [5, 5.41) is 38.1. The van der Waals surface area contributed by atoms with E-state index < -0.39 is 16.9 Å². The van der Waals surface area contributed by atoms with E-state index in [9.17, 15) is 20.0 Å². The molecule has 0 unspecified atom stereocenters. The van der Waals surface area contributed by atoms with Gasteiger partial charge in [-0.25, -0.2) is 4.63 Å². The van der Waals surface area contributed by atoms with E-state index in [-0.39, 0.29) is 28.8 Å². The van der Waals surface area contributed by atoms with E-state index in [4.69, 9.17) is 0 Å². The molecule has 12 nitrogen and oxygen atoms in total. The first-order valence-electron chi connectivity index (χ1n) is 7.73. The van der Waals surface area contributed by atoms with E-state index in [1.165, 1.54) is 12.1 Å². The topological polar surface area (TPSA) is 171 Å². The third-order valence-corrected chi connectivity index (χ3v) is 3.63. The Hall–Kier alpha value is -3.44. The number of nitro groups is 1. The van der Waals surface area contributed by atoms with Gasteiger partial charge in [-0.2, -0.15) is 0 Å². The van der Waals surface area contributed by atoms with Crippen LogP contribution in [-0.2, 0) is 4.79 Å². The highest BCUT2D eigenvalue weighted by Gasteiger charge is 2.21. The summed E-state index contributed by atoms with van der Waals surface area (Å²) in [6.45, 7) is 0.500. The predicted molar refractivity (Wildman–Crippen MR) is 90.5 cm³/mol. The number of hydrogen-bond acceptors (Lipinski definition) is 9. The van der Waals surface area contributed by atoms with Crippen LogP contribution < -0.4 is 21.1 Å². The number of aliphatic carboxylic acids is 1. The summed E-state index contributed by atoms with van der Waals surface area (Å²) < 4.78 is 4.55. The number of aliphatic imine (C=N–C) groups is 1. The van der Waals surface area contributed by atoms with Gasteiger partial charge in [0.25, 0.3) is 0 Å². The summed E-state index contributed by atoms with van der Waals surface area (Å²) in [5.41, 5.74) is 0.00948. The highest BCUT2D eigenvalue weighted by atomic mass is 16.6. The third-order valence-electron chi connectivity index (χ3n) is 3.63. The van der Waals surface area contributed by atoms with Crippen molar-refractivity contribution in [2.75, 3.05) is 26.0 Å². The monoisotopic (exact) mass is 364 g/mol. The zero-order valence-electron chi connectivity index (χ0n) is 14.2. The first-order valence-corrected chi connectivity index (χ1v) is 7.73. The molecule has 1 heterocycles. The van der Waals surface area contributed by atoms with Crippen LogP contribution in [0.5, 0.6) is 0 Å². The Morgan fingerprint density at radius 2 is 2.12 bits per heavy atom. The summed E-state index contributed by atoms with van der Waals surface area (Å²) in [6, 6.07) is 1.55. The van der Waals surface area contributed by atoms with E-state index in [1.54, 1.807) is 14.1 Å². The van der Waals surface area contributed by atoms with Crippen molar-refractivity contribution in [2.24, 2.45) is 4.99 Å². The Morgan fingerprint density at radius 3 is 2.73 bits per heavy atom. The summed E-state index contributed by atoms with van der Waals surface area (Å²) in [6.07, 6.45) is 0.763. The number of carbonyl (C=O) groups excluding carboxylic acids is 1. The van der Waals surface area contributed by atoms with Crippen LogP contribution in [0.2, 0.25) is 0 Å². The van der Waals surface area contributed by atoms with Crippen LogP contribution in [0.15, 0.2) is 21.8 Å². The van der Waals surface area contributed by atoms with Gasteiger partial charge in [-0.15, -0.1) is 0 Å². The fourth-order valence-electron chi connectivity index (χ4n) is 2.35. The first-order chi connectivity index (χ1) is 12.5. The molecular weight excluding hydrogens is 346 g/mol. The van der Waals surface area contributed by atoms with Crippen molar-refractivity contribution in [3.8, 4) is 0 Å². The summed E-state index contributed by atoms with van der Waals surface area (Å²) in [7, 11) is 3.34. The average Bonchev–Trinajstić information content (AvgIpc) is 3.10. The number of nitro benzene ring substituents is 1. The number of carboxylic acids is 1. The Labute approximate surface area is 147 Å². The SMILES string of the molecule is CN=C(NC)NCCC[C@H](Nc1ccc([N+](=O)[O-])c2nonc12)C(=O)[O-]. The van der Waals surface area contributed by atoms with E-state index in [0.717, 1.165) is 0 Å². The molecular formula is C14H18N7O5-. The third kappa shape index (κ3) is 4.34. The van der Waals surface area contributed by atoms with Crippen LogP contribution in [-0.4, -0.2) is 53.8 Å². The maximum Gasteiger partial charge on any atom is 0.300 e. The normalized spacial score (nSPS) is 12.6. The van der Waals surface area contributed by atoms with E-state index in [0.29, 0.717) is 18.9 Å². The van der Waals surface area contributed by atoms with Gasteiger partial charge in [0.2, 0.25) is 5.52 Å². The fraction of sp³-hybridized carbons (Fsp3) is 0.429. The van der Waals surface area contributed by atoms with Gasteiger partial charge in [-0.1, -0.05) is 0 Å². The van der Waals surface area contributed by atoms with Crippen molar-refractivity contribution < 1.29 is 19.5 Å². The Bertz CT molecular complexity index is 819. The standard InChI is InChI=1S/C14H19N7O5/c1-15-14(16-2)17-7-3-4-9(13(22)23)18-8-5-6-10(21(24)25)12-11(8)19-26-20-12/h5-6,9,18H,3-4,7H2,1-2H3,(H,22,23)(H2,15,16,17)/p-1/t9-/m0/s1. The number of benzene rings is 1. The maximum absolute atomic E-state index is 11.4. The van der Waals surface area contributed by atoms with Gasteiger partial charge in [0.15, 0.2) is 11.5 Å². The van der Waals surface area contributed by atoms with Gasteiger partial charge in [0, 0.05) is 26.7 Å². The molecule has 3 N–H and O–H groups in total. The molecule has 0 aliphatic rings. The minimum absolute atomic E-state index is 0.0587. The molecule has 140 valence electrons. The predicted octanol–water partition coefficient (Wildman–Crippen LogP) is -0.764. The molecule has 26 heavy (non-hydrogen) atoms. The van der Waals surface area contributed by atoms with Crippen LogP contribution in [0.1, 0.15) is 12.8 Å². The Morgan fingerprint density at radius 1 is 1.38 bits per heavy atom. The van der Waals surface area contributed by atoms with Crippen molar-refractivity contribution in [3.05, 3.63) is 22.2 Å². The van der Waals surface area contributed by atoms with Gasteiger partial charge in [-0.05, 0) is 29.2 Å². The Kier molecular flexibility index (Phi) is 6.25. The number of hydrogen-bond donors (Lipinski definition) is 3. The van der Waals surface area contributed by atoms with Gasteiger partial charge in [-0.3, -0.25) is 15.1 Å². The minimum Gasteiger partial charge on any atom is -0.548 e. The lowest BCUT2D eigenvalue weighted by molar-refractivity contribution is -0.383. The molecule has 0 aliphatic carbocycles. The molecule has 1 aromatic carbocycles. The second-order valence-electron chi connectivity index (χ2n) is 5.26. The smallest absolute Gasteiger partial charge is 0.300 e. The maximum atomic E-state index is 11.4. The average molecular weight is 364 g/mol. The number of aromatic nitrogens is 2. The van der Waals surface area contributed by atoms with E-state index >= 15 is 0 Å². The number of carboxylic acid groups (broad SMARTS) is 1. The number of nitrogens with zero attached hydrogens (tertiary/aromatic N) is 4. The van der Waals surface area contributed by atoms with Gasteiger partial charge >= 0.3 is 5.69 Å². The number of guanidine groups is 1. The molecule has 0 aliphatic heterocycles. The van der Waals surface area contributed by atoms with Crippen LogP contribution in [0.25, 0.3) is 11.0 Å². The lowest BCUT2D eigenvalue weighted by Crippen LogP contribution is -2.42. The van der Waals surface area contributed by atoms with Gasteiger partial charge < -0.3 is 25.9 Å². The van der Waals surface area contributed by atoms with Crippen LogP contribution in [0.3, 0.4) is 0 Å². The summed E-state index contributed by atoms with van der Waals surface area (Å²) >= 11 is 0. The second kappa shape index (κ2) is 8.60. The molecule has 0 spiro atoms. The molecule has 1 aromatic heterocycles. The van der Waals surface area contributed by atoms with E-state index in [1.807, 2.05) is 0 Å². The summed E-state index contributed by atoms with van der Waals surface area (Å²) in [4.78, 5) is 25.7. The van der Waals surface area contributed by atoms with Crippen LogP contribution >= 0.6 is 0 Å². The molecule has 0 amide bonds. The number of anilines is 1. The van der Waals surface area contributed by atoms with Crippen LogP contribution in [0.4, 0.5) is 11.4 Å². The van der Waals surface area contributed by atoms with Crippen molar-refractivity contribution >= 4 is 34.3 Å². The number of non-ortho nitro benzene ring substituents is 1. The Balaban J connectivity index is 2.07. The fourth-order valence-corrected chi connectivity index (χ4v) is 2.35. The lowest BCUT2D eigenvalue weighted by atomic mass is 10.1. The highest BCUT2D eigenvalue weighted by Crippen LogP contribution is 2.29. The number of fused-ring (bicyclic) bond motifs is 1. The molecule has 2 rings (SSSR count). The number of nitrogens with one attached hydrogen (secondary N) is 3. The molecule has 0 bridgehead atoms. The summed E-state index contributed by atoms with van der Waals surface area (Å²) in [5.74, 6) is -0.709. The lowest BCUT2D eigenvalue weighted by Gasteiger charge is -2.21. The second-order valence-corrected chi connectivity index (χ2v) is 5.26. The first kappa shape index (κ1) is 18.9. The highest BCUT2D eigenvalue weighted by molar-refractivity contribution is 5.94. The van der Waals surface area contributed by atoms with Crippen molar-refractivity contribution in [1.29, 1.82) is 0 Å². The minimum atomic E-state index is -1.30. The molecule has 0 saturated heterocycles. The van der Waals surface area contributed by atoms with E-state index in [2.05, 4.69) is 35.9 Å². The quantitative estimate of drug-likeness (QED) is 0.178. The molecule has 0 saturated carbocycles. The van der Waals surface area contributed by atoms with Gasteiger partial charge in [0.1, 0.15) is 0 Å².